The number of nitrogens with one attached hydrogen (secondary N) is 1. The van der Waals surface area contributed by atoms with Crippen molar-refractivity contribution in [3.05, 3.63) is 54.2 Å². The van der Waals surface area contributed by atoms with Crippen LogP contribution < -0.4 is 14.6 Å². The number of amides is 1. The van der Waals surface area contributed by atoms with Gasteiger partial charge in [-0.15, -0.1) is 0 Å². The monoisotopic (exact) mass is 326 g/mol. The van der Waals surface area contributed by atoms with E-state index < -0.39 is 6.10 Å². The zero-order chi connectivity index (χ0) is 16.9. The van der Waals surface area contributed by atoms with Crippen molar-refractivity contribution in [3.8, 4) is 5.75 Å². The maximum Gasteiger partial charge on any atom is 0.274 e. The zero-order valence-electron chi connectivity index (χ0n) is 14.2. The second-order valence-corrected chi connectivity index (χ2v) is 6.09. The molecule has 5 heteroatoms. The van der Waals surface area contributed by atoms with Gasteiger partial charge in [-0.25, -0.2) is 4.98 Å². The number of para-hydroxylation sites is 1. The van der Waals surface area contributed by atoms with Gasteiger partial charge in [0.25, 0.3) is 11.7 Å². The van der Waals surface area contributed by atoms with Gasteiger partial charge in [-0.1, -0.05) is 24.3 Å². The molecule has 5 nitrogen and oxygen atoms in total. The Hall–Kier alpha value is -2.56. The zero-order valence-corrected chi connectivity index (χ0v) is 14.2. The summed E-state index contributed by atoms with van der Waals surface area (Å²) in [4.78, 5) is 20.0. The summed E-state index contributed by atoms with van der Waals surface area (Å²) >= 11 is 0. The van der Waals surface area contributed by atoms with Crippen LogP contribution in [0.4, 0.5) is 5.82 Å². The van der Waals surface area contributed by atoms with Gasteiger partial charge in [0.15, 0.2) is 6.10 Å². The molecule has 0 radical (unpaired) electrons. The maximum atomic E-state index is 12.6. The summed E-state index contributed by atoms with van der Waals surface area (Å²) in [5.74, 6) is 1.92. The Kier molecular flexibility index (Phi) is 4.99. The largest absolute Gasteiger partial charge is 0.481 e. The first-order chi connectivity index (χ1) is 11.6. The summed E-state index contributed by atoms with van der Waals surface area (Å²) in [6, 6.07) is 13.8. The highest BCUT2D eigenvalue weighted by Crippen LogP contribution is 2.19. The normalized spacial score (nSPS) is 15.9. The number of pyridine rings is 1. The van der Waals surface area contributed by atoms with Crippen molar-refractivity contribution in [2.75, 3.05) is 31.1 Å². The van der Waals surface area contributed by atoms with Gasteiger partial charge >= 0.3 is 0 Å². The third-order valence-corrected chi connectivity index (χ3v) is 4.37. The molecule has 2 aromatic rings. The van der Waals surface area contributed by atoms with Gasteiger partial charge in [-0.05, 0) is 31.5 Å². The maximum absolute atomic E-state index is 12.6. The minimum absolute atomic E-state index is 0.0509. The molecule has 2 heterocycles. The Balaban J connectivity index is 1.56. The van der Waals surface area contributed by atoms with Gasteiger partial charge in [0.05, 0.1) is 19.3 Å². The van der Waals surface area contributed by atoms with Crippen molar-refractivity contribution in [2.45, 2.75) is 20.0 Å². The number of ether oxygens (including phenoxy) is 1. The SMILES string of the molecule is Cc1ccccc1O[C@@H](C)C(=O)N1CCN(c2cccc[nH+]2)CC1. The Morgan fingerprint density at radius 2 is 1.79 bits per heavy atom. The highest BCUT2D eigenvalue weighted by atomic mass is 16.5. The van der Waals surface area contributed by atoms with Gasteiger partial charge in [0, 0.05) is 6.07 Å². The average Bonchev–Trinajstić information content (AvgIpc) is 2.64. The topological polar surface area (TPSA) is 46.9 Å². The van der Waals surface area contributed by atoms with Crippen molar-refractivity contribution in [1.82, 2.24) is 4.90 Å². The van der Waals surface area contributed by atoms with E-state index in [4.69, 9.17) is 4.74 Å². The van der Waals surface area contributed by atoms with E-state index >= 15 is 0 Å². The van der Waals surface area contributed by atoms with Crippen LogP contribution in [0.25, 0.3) is 0 Å². The average molecular weight is 326 g/mol. The van der Waals surface area contributed by atoms with Crippen molar-refractivity contribution in [2.24, 2.45) is 0 Å². The Morgan fingerprint density at radius 1 is 1.08 bits per heavy atom. The van der Waals surface area contributed by atoms with E-state index in [1.165, 1.54) is 0 Å². The van der Waals surface area contributed by atoms with Gasteiger partial charge < -0.3 is 9.64 Å². The lowest BCUT2D eigenvalue weighted by atomic mass is 10.2. The number of hydrogen-bond acceptors (Lipinski definition) is 3. The molecule has 0 unspecified atom stereocenters. The molecule has 24 heavy (non-hydrogen) atoms. The van der Waals surface area contributed by atoms with E-state index in [-0.39, 0.29) is 5.91 Å². The number of rotatable bonds is 4. The molecule has 1 N–H and O–H groups in total. The van der Waals surface area contributed by atoms with Crippen LogP contribution >= 0.6 is 0 Å². The molecule has 1 aliphatic heterocycles. The second-order valence-electron chi connectivity index (χ2n) is 6.09. The Morgan fingerprint density at radius 3 is 2.46 bits per heavy atom. The van der Waals surface area contributed by atoms with Gasteiger partial charge in [-0.2, -0.15) is 0 Å². The van der Waals surface area contributed by atoms with E-state index in [1.807, 2.05) is 61.3 Å². The number of aromatic amines is 1. The minimum Gasteiger partial charge on any atom is -0.481 e. The highest BCUT2D eigenvalue weighted by Gasteiger charge is 2.29. The van der Waals surface area contributed by atoms with Crippen LogP contribution in [0.5, 0.6) is 5.75 Å². The molecule has 1 aromatic carbocycles. The first-order valence-electron chi connectivity index (χ1n) is 8.38. The molecule has 1 fully saturated rings. The number of carbonyl (C=O) groups is 1. The van der Waals surface area contributed by atoms with E-state index in [0.717, 1.165) is 30.2 Å². The van der Waals surface area contributed by atoms with Gasteiger partial charge in [0.1, 0.15) is 18.8 Å². The summed E-state index contributed by atoms with van der Waals surface area (Å²) in [5, 5.41) is 0. The van der Waals surface area contributed by atoms with Gasteiger partial charge in [-0.3, -0.25) is 9.69 Å². The van der Waals surface area contributed by atoms with Crippen LogP contribution in [0.2, 0.25) is 0 Å². The number of nitrogens with zero attached hydrogens (tertiary/aromatic N) is 2. The lowest BCUT2D eigenvalue weighted by Gasteiger charge is -2.32. The number of hydrogen-bond donors (Lipinski definition) is 0. The van der Waals surface area contributed by atoms with Crippen molar-refractivity contribution >= 4 is 11.7 Å². The fraction of sp³-hybridized carbons (Fsp3) is 0.368. The van der Waals surface area contributed by atoms with E-state index in [9.17, 15) is 4.79 Å². The molecule has 1 aliphatic rings. The third-order valence-electron chi connectivity index (χ3n) is 4.37. The molecule has 126 valence electrons. The van der Waals surface area contributed by atoms with Crippen LogP contribution in [0.15, 0.2) is 48.7 Å². The lowest BCUT2D eigenvalue weighted by molar-refractivity contribution is -0.364. The van der Waals surface area contributed by atoms with Crippen LogP contribution in [0, 0.1) is 6.92 Å². The molecule has 3 rings (SSSR count). The number of aromatic nitrogens is 1. The highest BCUT2D eigenvalue weighted by molar-refractivity contribution is 5.81. The first kappa shape index (κ1) is 16.3. The number of benzene rings is 1. The van der Waals surface area contributed by atoms with Crippen molar-refractivity contribution < 1.29 is 14.5 Å². The number of aryl methyl sites for hydroxylation is 1. The summed E-state index contributed by atoms with van der Waals surface area (Å²) in [6.45, 7) is 6.88. The van der Waals surface area contributed by atoms with Crippen molar-refractivity contribution in [1.29, 1.82) is 0 Å². The van der Waals surface area contributed by atoms with E-state index in [2.05, 4.69) is 16.0 Å². The quantitative estimate of drug-likeness (QED) is 0.862. The molecule has 1 atom stereocenters. The fourth-order valence-electron chi connectivity index (χ4n) is 2.93. The van der Waals surface area contributed by atoms with Crippen LogP contribution in [0.3, 0.4) is 0 Å². The van der Waals surface area contributed by atoms with E-state index in [0.29, 0.717) is 13.1 Å². The predicted molar refractivity (Wildman–Crippen MR) is 93.1 cm³/mol. The van der Waals surface area contributed by atoms with E-state index in [1.54, 1.807) is 0 Å². The molecular weight excluding hydrogens is 302 g/mol. The summed E-state index contributed by atoms with van der Waals surface area (Å²) in [6.07, 6.45) is 1.45. The number of H-pyrrole nitrogens is 1. The molecule has 0 saturated carbocycles. The number of anilines is 1. The van der Waals surface area contributed by atoms with Crippen LogP contribution in [-0.4, -0.2) is 43.1 Å². The predicted octanol–water partition coefficient (Wildman–Crippen LogP) is 1.93. The van der Waals surface area contributed by atoms with Crippen molar-refractivity contribution in [3.63, 3.8) is 0 Å². The number of carbonyl (C=O) groups excluding carboxylic acids is 1. The molecule has 1 saturated heterocycles. The third kappa shape index (κ3) is 3.67. The molecule has 0 bridgehead atoms. The Bertz CT molecular complexity index is 682. The standard InChI is InChI=1S/C19H23N3O2/c1-15-7-3-4-8-17(15)24-16(2)19(23)22-13-11-21(12-14-22)18-9-5-6-10-20-18/h3-10,16H,11-14H2,1-2H3/p+1/t16-/m0/s1. The minimum atomic E-state index is -0.471. The summed E-state index contributed by atoms with van der Waals surface area (Å²) in [5.41, 5.74) is 1.04. The Labute approximate surface area is 142 Å². The lowest BCUT2D eigenvalue weighted by Crippen LogP contribution is -2.52. The summed E-state index contributed by atoms with van der Waals surface area (Å²) < 4.78 is 5.86. The molecule has 1 aromatic heterocycles. The first-order valence-corrected chi connectivity index (χ1v) is 8.38. The molecule has 0 spiro atoms. The van der Waals surface area contributed by atoms with Crippen LogP contribution in [-0.2, 0) is 4.79 Å². The van der Waals surface area contributed by atoms with Gasteiger partial charge in [0.2, 0.25) is 0 Å². The molecule has 1 amide bonds. The smallest absolute Gasteiger partial charge is 0.274 e. The number of piperazine rings is 1. The summed E-state index contributed by atoms with van der Waals surface area (Å²) in [7, 11) is 0. The fourth-order valence-corrected chi connectivity index (χ4v) is 2.93. The van der Waals surface area contributed by atoms with Crippen LogP contribution in [0.1, 0.15) is 12.5 Å². The molecular formula is C19H24N3O2+. The second kappa shape index (κ2) is 7.34. The molecule has 0 aliphatic carbocycles.